The van der Waals surface area contributed by atoms with Gasteiger partial charge in [0.05, 0.1) is 0 Å². The molecule has 3 unspecified atom stereocenters. The molecule has 1 rings (SSSR count). The topological polar surface area (TPSA) is 26.0 Å². The maximum atomic E-state index is 5.98. The molecule has 1 heteroatoms. The monoisotopic (exact) mass is 181 g/mol. The third-order valence-electron chi connectivity index (χ3n) is 3.27. The predicted octanol–water partition coefficient (Wildman–Crippen LogP) is 2.96. The quantitative estimate of drug-likeness (QED) is 0.651. The van der Waals surface area contributed by atoms with Crippen LogP contribution in [0.25, 0.3) is 0 Å². The van der Waals surface area contributed by atoms with Crippen LogP contribution in [0.4, 0.5) is 0 Å². The SMILES string of the molecule is CC1CC(C(C)C(C)C)=CC(N)C1. The van der Waals surface area contributed by atoms with Gasteiger partial charge in [0.2, 0.25) is 0 Å². The second kappa shape index (κ2) is 4.28. The Balaban J connectivity index is 2.68. The molecule has 1 aliphatic rings. The third-order valence-corrected chi connectivity index (χ3v) is 3.27. The first kappa shape index (κ1) is 10.8. The predicted molar refractivity (Wildman–Crippen MR) is 58.5 cm³/mol. The lowest BCUT2D eigenvalue weighted by Crippen LogP contribution is -2.27. The van der Waals surface area contributed by atoms with E-state index in [1.807, 2.05) is 0 Å². The smallest absolute Gasteiger partial charge is 0.0229 e. The summed E-state index contributed by atoms with van der Waals surface area (Å²) in [5.74, 6) is 2.22. The Kier molecular flexibility index (Phi) is 3.55. The molecule has 1 nitrogen and oxygen atoms in total. The fourth-order valence-corrected chi connectivity index (χ4v) is 2.13. The van der Waals surface area contributed by atoms with Crippen molar-refractivity contribution in [2.24, 2.45) is 23.5 Å². The van der Waals surface area contributed by atoms with Gasteiger partial charge >= 0.3 is 0 Å². The summed E-state index contributed by atoms with van der Waals surface area (Å²) in [5, 5.41) is 0. The van der Waals surface area contributed by atoms with Crippen LogP contribution in [0.5, 0.6) is 0 Å². The van der Waals surface area contributed by atoms with Gasteiger partial charge in [0.1, 0.15) is 0 Å². The van der Waals surface area contributed by atoms with Crippen molar-refractivity contribution in [1.29, 1.82) is 0 Å². The van der Waals surface area contributed by atoms with E-state index < -0.39 is 0 Å². The van der Waals surface area contributed by atoms with Crippen molar-refractivity contribution < 1.29 is 0 Å². The van der Waals surface area contributed by atoms with E-state index in [4.69, 9.17) is 5.73 Å². The molecular weight excluding hydrogens is 158 g/mol. The minimum atomic E-state index is 0.306. The normalized spacial score (nSPS) is 31.7. The Morgan fingerprint density at radius 1 is 1.38 bits per heavy atom. The van der Waals surface area contributed by atoms with E-state index in [0.717, 1.165) is 18.3 Å². The van der Waals surface area contributed by atoms with Gasteiger partial charge < -0.3 is 5.73 Å². The summed E-state index contributed by atoms with van der Waals surface area (Å²) in [6, 6.07) is 0.306. The molecule has 0 aromatic carbocycles. The van der Waals surface area contributed by atoms with Gasteiger partial charge in [-0.05, 0) is 30.6 Å². The average molecular weight is 181 g/mol. The fraction of sp³-hybridized carbons (Fsp3) is 0.833. The molecule has 1 aliphatic carbocycles. The van der Waals surface area contributed by atoms with Crippen LogP contribution in [0.2, 0.25) is 0 Å². The molecule has 0 spiro atoms. The lowest BCUT2D eigenvalue weighted by atomic mass is 9.79. The summed E-state index contributed by atoms with van der Waals surface area (Å²) in [4.78, 5) is 0. The highest BCUT2D eigenvalue weighted by Gasteiger charge is 2.21. The molecule has 76 valence electrons. The maximum absolute atomic E-state index is 5.98. The zero-order chi connectivity index (χ0) is 10.0. The first-order chi connectivity index (χ1) is 6.00. The highest BCUT2D eigenvalue weighted by Crippen LogP contribution is 2.31. The minimum absolute atomic E-state index is 0.306. The van der Waals surface area contributed by atoms with Gasteiger partial charge in [-0.2, -0.15) is 0 Å². The van der Waals surface area contributed by atoms with Crippen LogP contribution in [0.3, 0.4) is 0 Å². The molecule has 0 aromatic heterocycles. The first-order valence-corrected chi connectivity index (χ1v) is 5.47. The highest BCUT2D eigenvalue weighted by molar-refractivity contribution is 5.14. The van der Waals surface area contributed by atoms with E-state index in [2.05, 4.69) is 33.8 Å². The van der Waals surface area contributed by atoms with Gasteiger partial charge in [-0.25, -0.2) is 0 Å². The van der Waals surface area contributed by atoms with Gasteiger partial charge in [-0.15, -0.1) is 0 Å². The molecule has 0 aromatic rings. The summed E-state index contributed by atoms with van der Waals surface area (Å²) < 4.78 is 0. The van der Waals surface area contributed by atoms with Crippen LogP contribution in [0.15, 0.2) is 11.6 Å². The summed E-state index contributed by atoms with van der Waals surface area (Å²) in [6.07, 6.45) is 4.71. The molecule has 0 radical (unpaired) electrons. The number of allylic oxidation sites excluding steroid dienone is 1. The van der Waals surface area contributed by atoms with Crippen molar-refractivity contribution in [1.82, 2.24) is 0 Å². The highest BCUT2D eigenvalue weighted by atomic mass is 14.6. The molecule has 0 amide bonds. The molecule has 3 atom stereocenters. The second-order valence-corrected chi connectivity index (χ2v) is 4.98. The van der Waals surface area contributed by atoms with Gasteiger partial charge in [0.15, 0.2) is 0 Å². The lowest BCUT2D eigenvalue weighted by molar-refractivity contribution is 0.398. The van der Waals surface area contributed by atoms with Crippen molar-refractivity contribution in [2.75, 3.05) is 0 Å². The largest absolute Gasteiger partial charge is 0.324 e. The molecular formula is C12H23N. The van der Waals surface area contributed by atoms with Crippen molar-refractivity contribution >= 4 is 0 Å². The van der Waals surface area contributed by atoms with E-state index in [9.17, 15) is 0 Å². The van der Waals surface area contributed by atoms with Gasteiger partial charge in [0, 0.05) is 6.04 Å². The first-order valence-electron chi connectivity index (χ1n) is 5.47. The summed E-state index contributed by atoms with van der Waals surface area (Å²) >= 11 is 0. The summed E-state index contributed by atoms with van der Waals surface area (Å²) in [7, 11) is 0. The van der Waals surface area contributed by atoms with Crippen LogP contribution in [0, 0.1) is 17.8 Å². The van der Waals surface area contributed by atoms with Crippen LogP contribution in [0.1, 0.15) is 40.5 Å². The summed E-state index contributed by atoms with van der Waals surface area (Å²) in [6.45, 7) is 9.20. The number of rotatable bonds is 2. The zero-order valence-corrected chi connectivity index (χ0v) is 9.38. The van der Waals surface area contributed by atoms with Crippen LogP contribution >= 0.6 is 0 Å². The Bertz CT molecular complexity index is 193. The van der Waals surface area contributed by atoms with Crippen molar-refractivity contribution in [3.63, 3.8) is 0 Å². The molecule has 0 saturated heterocycles. The Labute approximate surface area is 82.4 Å². The van der Waals surface area contributed by atoms with Crippen molar-refractivity contribution in [3.05, 3.63) is 11.6 Å². The second-order valence-electron chi connectivity index (χ2n) is 4.98. The van der Waals surface area contributed by atoms with Gasteiger partial charge in [0.25, 0.3) is 0 Å². The Morgan fingerprint density at radius 3 is 2.46 bits per heavy atom. The molecule has 13 heavy (non-hydrogen) atoms. The molecule has 2 N–H and O–H groups in total. The van der Waals surface area contributed by atoms with E-state index in [1.54, 1.807) is 5.57 Å². The van der Waals surface area contributed by atoms with E-state index in [1.165, 1.54) is 6.42 Å². The maximum Gasteiger partial charge on any atom is 0.0229 e. The lowest BCUT2D eigenvalue weighted by Gasteiger charge is -2.29. The summed E-state index contributed by atoms with van der Waals surface area (Å²) in [5.41, 5.74) is 7.56. The van der Waals surface area contributed by atoms with Crippen molar-refractivity contribution in [3.8, 4) is 0 Å². The van der Waals surface area contributed by atoms with Crippen LogP contribution in [-0.4, -0.2) is 6.04 Å². The third kappa shape index (κ3) is 2.84. The average Bonchev–Trinajstić information content (AvgIpc) is 2.01. The molecule has 0 heterocycles. The Hall–Kier alpha value is -0.300. The zero-order valence-electron chi connectivity index (χ0n) is 9.38. The van der Waals surface area contributed by atoms with Crippen LogP contribution in [-0.2, 0) is 0 Å². The van der Waals surface area contributed by atoms with Gasteiger partial charge in [-0.3, -0.25) is 0 Å². The molecule has 0 saturated carbocycles. The van der Waals surface area contributed by atoms with E-state index in [-0.39, 0.29) is 0 Å². The molecule has 0 aliphatic heterocycles. The Morgan fingerprint density at radius 2 is 2.00 bits per heavy atom. The van der Waals surface area contributed by atoms with Gasteiger partial charge in [-0.1, -0.05) is 39.3 Å². The standard InChI is InChI=1S/C12H23N/c1-8(2)10(4)11-5-9(3)6-12(13)7-11/h7-10,12H,5-6,13H2,1-4H3. The fourth-order valence-electron chi connectivity index (χ4n) is 2.13. The molecule has 0 bridgehead atoms. The number of nitrogens with two attached hydrogens (primary N) is 1. The molecule has 0 fully saturated rings. The van der Waals surface area contributed by atoms with Crippen molar-refractivity contribution in [2.45, 2.75) is 46.6 Å². The van der Waals surface area contributed by atoms with E-state index >= 15 is 0 Å². The van der Waals surface area contributed by atoms with E-state index in [0.29, 0.717) is 12.0 Å². The number of hydrogen-bond acceptors (Lipinski definition) is 1. The minimum Gasteiger partial charge on any atom is -0.324 e. The number of hydrogen-bond donors (Lipinski definition) is 1. The van der Waals surface area contributed by atoms with Crippen LogP contribution < -0.4 is 5.73 Å².